The maximum atomic E-state index is 12.2. The normalized spacial score (nSPS) is 15.8. The van der Waals surface area contributed by atoms with Gasteiger partial charge in [-0.25, -0.2) is 0 Å². The van der Waals surface area contributed by atoms with Gasteiger partial charge in [0.15, 0.2) is 0 Å². The smallest absolute Gasteiger partial charge is 0.253 e. The number of amides is 2. The van der Waals surface area contributed by atoms with Crippen LogP contribution in [0.5, 0.6) is 5.75 Å². The first-order chi connectivity index (χ1) is 11.3. The third kappa shape index (κ3) is 3.62. The zero-order valence-electron chi connectivity index (χ0n) is 14.6. The zero-order chi connectivity index (χ0) is 17.9. The van der Waals surface area contributed by atoms with Crippen molar-refractivity contribution in [3.63, 3.8) is 0 Å². The molecule has 1 heterocycles. The molecule has 6 nitrogen and oxygen atoms in total. The van der Waals surface area contributed by atoms with Gasteiger partial charge in [-0.2, -0.15) is 0 Å². The molecule has 1 aliphatic heterocycles. The Kier molecular flexibility index (Phi) is 5.35. The lowest BCUT2D eigenvalue weighted by Crippen LogP contribution is -2.44. The van der Waals surface area contributed by atoms with E-state index in [0.29, 0.717) is 24.3 Å². The fourth-order valence-electron chi connectivity index (χ4n) is 2.58. The Morgan fingerprint density at radius 3 is 2.71 bits per heavy atom. The summed E-state index contributed by atoms with van der Waals surface area (Å²) < 4.78 is 5.76. The molecule has 0 saturated carbocycles. The molecule has 0 spiro atoms. The molecule has 0 bridgehead atoms. The summed E-state index contributed by atoms with van der Waals surface area (Å²) in [5, 5.41) is 0. The number of hydrogen-bond acceptors (Lipinski definition) is 4. The topological polar surface area (TPSA) is 53.1 Å². The van der Waals surface area contributed by atoms with E-state index in [1.165, 1.54) is 9.80 Å². The zero-order valence-corrected chi connectivity index (χ0v) is 14.6. The van der Waals surface area contributed by atoms with Crippen molar-refractivity contribution in [2.45, 2.75) is 12.5 Å². The minimum absolute atomic E-state index is 0.0302. The lowest BCUT2D eigenvalue weighted by molar-refractivity contribution is -0.129. The lowest BCUT2D eigenvalue weighted by Gasteiger charge is -2.36. The van der Waals surface area contributed by atoms with Crippen LogP contribution in [0.2, 0.25) is 0 Å². The van der Waals surface area contributed by atoms with E-state index in [2.05, 4.69) is 5.92 Å². The SMILES string of the molecule is C#CCN(C)C(=O)CC1COc2ccc(C(=O)N(C)C)cc2N1C. The van der Waals surface area contributed by atoms with Crippen LogP contribution in [0.15, 0.2) is 18.2 Å². The van der Waals surface area contributed by atoms with E-state index < -0.39 is 0 Å². The van der Waals surface area contributed by atoms with Crippen LogP contribution in [0.25, 0.3) is 0 Å². The number of ether oxygens (including phenoxy) is 1. The summed E-state index contributed by atoms with van der Waals surface area (Å²) in [6.45, 7) is 0.703. The number of fused-ring (bicyclic) bond motifs is 1. The third-order valence-corrected chi connectivity index (χ3v) is 4.14. The van der Waals surface area contributed by atoms with E-state index in [1.54, 1.807) is 39.3 Å². The molecule has 0 radical (unpaired) electrons. The monoisotopic (exact) mass is 329 g/mol. The van der Waals surface area contributed by atoms with Gasteiger partial charge in [-0.1, -0.05) is 5.92 Å². The number of terminal acetylenes is 1. The Hall–Kier alpha value is -2.68. The molecular weight excluding hydrogens is 306 g/mol. The molecule has 0 N–H and O–H groups in total. The highest BCUT2D eigenvalue weighted by atomic mass is 16.5. The highest BCUT2D eigenvalue weighted by molar-refractivity contribution is 5.95. The third-order valence-electron chi connectivity index (χ3n) is 4.14. The lowest BCUT2D eigenvalue weighted by atomic mass is 10.1. The molecule has 1 atom stereocenters. The number of hydrogen-bond donors (Lipinski definition) is 0. The minimum Gasteiger partial charge on any atom is -0.489 e. The average molecular weight is 329 g/mol. The van der Waals surface area contributed by atoms with Crippen LogP contribution in [0.4, 0.5) is 5.69 Å². The van der Waals surface area contributed by atoms with Crippen LogP contribution >= 0.6 is 0 Å². The number of anilines is 1. The van der Waals surface area contributed by atoms with Crippen LogP contribution in [0, 0.1) is 12.3 Å². The predicted octanol–water partition coefficient (Wildman–Crippen LogP) is 1.07. The van der Waals surface area contributed by atoms with E-state index in [9.17, 15) is 9.59 Å². The number of carbonyl (C=O) groups is 2. The van der Waals surface area contributed by atoms with Gasteiger partial charge in [0.2, 0.25) is 5.91 Å². The maximum absolute atomic E-state index is 12.2. The summed E-state index contributed by atoms with van der Waals surface area (Å²) >= 11 is 0. The quantitative estimate of drug-likeness (QED) is 0.776. The number of benzene rings is 1. The first-order valence-corrected chi connectivity index (χ1v) is 7.74. The number of likely N-dealkylation sites (N-methyl/N-ethyl adjacent to an activating group) is 1. The highest BCUT2D eigenvalue weighted by Crippen LogP contribution is 2.34. The van der Waals surface area contributed by atoms with Crippen molar-refractivity contribution >= 4 is 17.5 Å². The standard InChI is InChI=1S/C18H23N3O3/c1-6-9-20(4)17(22)11-14-12-24-16-8-7-13(18(23)19(2)3)10-15(16)21(14)5/h1,7-8,10,14H,9,11-12H2,2-5H3. The molecule has 0 fully saturated rings. The van der Waals surface area contributed by atoms with E-state index in [0.717, 1.165) is 5.69 Å². The molecule has 6 heteroatoms. The van der Waals surface area contributed by atoms with E-state index in [1.807, 2.05) is 11.9 Å². The van der Waals surface area contributed by atoms with Crippen LogP contribution in [0.1, 0.15) is 16.8 Å². The van der Waals surface area contributed by atoms with Gasteiger partial charge in [-0.15, -0.1) is 6.42 Å². The Labute approximate surface area is 143 Å². The van der Waals surface area contributed by atoms with Gasteiger partial charge in [0, 0.05) is 33.8 Å². The molecule has 128 valence electrons. The fraction of sp³-hybridized carbons (Fsp3) is 0.444. The molecule has 2 rings (SSSR count). The molecule has 1 aliphatic rings. The molecule has 1 unspecified atom stereocenters. The minimum atomic E-state index is -0.102. The molecular formula is C18H23N3O3. The Morgan fingerprint density at radius 2 is 2.08 bits per heavy atom. The second-order valence-corrected chi connectivity index (χ2v) is 6.12. The van der Waals surface area contributed by atoms with Crippen LogP contribution < -0.4 is 9.64 Å². The summed E-state index contributed by atoms with van der Waals surface area (Å²) in [5.74, 6) is 3.08. The summed E-state index contributed by atoms with van der Waals surface area (Å²) in [6.07, 6.45) is 5.55. The first-order valence-electron chi connectivity index (χ1n) is 7.74. The fourth-order valence-corrected chi connectivity index (χ4v) is 2.58. The van der Waals surface area contributed by atoms with Crippen LogP contribution in [-0.4, -0.2) is 69.0 Å². The summed E-state index contributed by atoms with van der Waals surface area (Å²) in [6, 6.07) is 5.25. The Balaban J connectivity index is 2.18. The number of rotatable bonds is 4. The number of nitrogens with zero attached hydrogens (tertiary/aromatic N) is 3. The van der Waals surface area contributed by atoms with Crippen molar-refractivity contribution in [3.05, 3.63) is 23.8 Å². The van der Waals surface area contributed by atoms with Crippen molar-refractivity contribution in [3.8, 4) is 18.1 Å². The summed E-state index contributed by atoms with van der Waals surface area (Å²) in [7, 11) is 7.02. The van der Waals surface area contributed by atoms with Crippen molar-refractivity contribution < 1.29 is 14.3 Å². The second kappa shape index (κ2) is 7.26. The van der Waals surface area contributed by atoms with Gasteiger partial charge >= 0.3 is 0 Å². The van der Waals surface area contributed by atoms with Crippen molar-refractivity contribution in [2.75, 3.05) is 46.2 Å². The molecule has 24 heavy (non-hydrogen) atoms. The predicted molar refractivity (Wildman–Crippen MR) is 93.2 cm³/mol. The Morgan fingerprint density at radius 1 is 1.38 bits per heavy atom. The summed E-state index contributed by atoms with van der Waals surface area (Å²) in [4.78, 5) is 29.4. The van der Waals surface area contributed by atoms with Crippen molar-refractivity contribution in [1.82, 2.24) is 9.80 Å². The molecule has 0 aliphatic carbocycles. The van der Waals surface area contributed by atoms with Gasteiger partial charge in [-0.3, -0.25) is 9.59 Å². The second-order valence-electron chi connectivity index (χ2n) is 6.12. The summed E-state index contributed by atoms with van der Waals surface area (Å²) in [5.41, 5.74) is 1.40. The van der Waals surface area contributed by atoms with Gasteiger partial charge in [-0.05, 0) is 18.2 Å². The van der Waals surface area contributed by atoms with Crippen LogP contribution in [0.3, 0.4) is 0 Å². The van der Waals surface area contributed by atoms with Gasteiger partial charge < -0.3 is 19.4 Å². The molecule has 2 amide bonds. The average Bonchev–Trinajstić information content (AvgIpc) is 2.56. The number of carbonyl (C=O) groups excluding carboxylic acids is 2. The van der Waals surface area contributed by atoms with E-state index in [4.69, 9.17) is 11.2 Å². The van der Waals surface area contributed by atoms with Crippen molar-refractivity contribution in [1.29, 1.82) is 0 Å². The molecule has 0 aromatic heterocycles. The highest BCUT2D eigenvalue weighted by Gasteiger charge is 2.28. The molecule has 0 saturated heterocycles. The maximum Gasteiger partial charge on any atom is 0.253 e. The van der Waals surface area contributed by atoms with Gasteiger partial charge in [0.1, 0.15) is 12.4 Å². The van der Waals surface area contributed by atoms with E-state index >= 15 is 0 Å². The Bertz CT molecular complexity index is 679. The van der Waals surface area contributed by atoms with E-state index in [-0.39, 0.29) is 24.4 Å². The molecule has 1 aromatic rings. The van der Waals surface area contributed by atoms with Gasteiger partial charge in [0.05, 0.1) is 24.7 Å². The first kappa shape index (κ1) is 17.7. The van der Waals surface area contributed by atoms with Gasteiger partial charge in [0.25, 0.3) is 5.91 Å². The van der Waals surface area contributed by atoms with Crippen LogP contribution in [-0.2, 0) is 4.79 Å². The largest absolute Gasteiger partial charge is 0.489 e. The molecule has 1 aromatic carbocycles. The van der Waals surface area contributed by atoms with Crippen molar-refractivity contribution in [2.24, 2.45) is 0 Å².